The van der Waals surface area contributed by atoms with Crippen molar-refractivity contribution in [2.75, 3.05) is 44.2 Å². The standard InChI is InChI=1S/C26H28N6O3S2/c1-19-17-23-24(18-20(19)2)36-26(29-23)31-15-13-30(14-16-31)25(33)21-5-7-22(8-6-21)37(34,35)32(11-3-9-27)12-4-10-28/h5-8,17-18H,3-4,11-16H2,1-2H3. The zero-order valence-corrected chi connectivity index (χ0v) is 22.5. The zero-order chi connectivity index (χ0) is 26.6. The van der Waals surface area contributed by atoms with E-state index in [9.17, 15) is 13.2 Å². The van der Waals surface area contributed by atoms with Crippen LogP contribution in [0.3, 0.4) is 0 Å². The number of nitriles is 2. The highest BCUT2D eigenvalue weighted by molar-refractivity contribution is 7.89. The Kier molecular flexibility index (Phi) is 8.08. The number of fused-ring (bicyclic) bond motifs is 1. The summed E-state index contributed by atoms with van der Waals surface area (Å²) in [6, 6.07) is 14.0. The number of carbonyl (C=O) groups is 1. The van der Waals surface area contributed by atoms with Gasteiger partial charge in [-0.25, -0.2) is 13.4 Å². The van der Waals surface area contributed by atoms with Crippen molar-refractivity contribution in [3.05, 3.63) is 53.1 Å². The van der Waals surface area contributed by atoms with Gasteiger partial charge >= 0.3 is 0 Å². The molecule has 0 N–H and O–H groups in total. The molecule has 4 rings (SSSR count). The van der Waals surface area contributed by atoms with Crippen molar-refractivity contribution in [3.8, 4) is 12.1 Å². The van der Waals surface area contributed by atoms with Crippen LogP contribution in [0.1, 0.15) is 34.3 Å². The lowest BCUT2D eigenvalue weighted by molar-refractivity contribution is 0.0746. The maximum Gasteiger partial charge on any atom is 0.253 e. The molecule has 192 valence electrons. The topological polar surface area (TPSA) is 121 Å². The first-order chi connectivity index (χ1) is 17.7. The molecule has 1 amide bonds. The van der Waals surface area contributed by atoms with Crippen molar-refractivity contribution in [1.29, 1.82) is 10.5 Å². The number of nitrogens with zero attached hydrogens (tertiary/aromatic N) is 6. The summed E-state index contributed by atoms with van der Waals surface area (Å²) in [5.41, 5.74) is 3.87. The van der Waals surface area contributed by atoms with Crippen LogP contribution in [0.2, 0.25) is 0 Å². The first-order valence-electron chi connectivity index (χ1n) is 12.0. The molecular formula is C26H28N6O3S2. The maximum absolute atomic E-state index is 13.1. The number of sulfonamides is 1. The first kappa shape index (κ1) is 26.6. The number of amides is 1. The monoisotopic (exact) mass is 536 g/mol. The van der Waals surface area contributed by atoms with Gasteiger partial charge in [-0.1, -0.05) is 11.3 Å². The molecule has 2 heterocycles. The third-order valence-electron chi connectivity index (χ3n) is 6.52. The summed E-state index contributed by atoms with van der Waals surface area (Å²) in [7, 11) is -3.87. The van der Waals surface area contributed by atoms with E-state index in [1.54, 1.807) is 16.2 Å². The van der Waals surface area contributed by atoms with Crippen LogP contribution in [0, 0.1) is 36.5 Å². The van der Waals surface area contributed by atoms with Crippen molar-refractivity contribution >= 4 is 42.6 Å². The van der Waals surface area contributed by atoms with E-state index in [0.29, 0.717) is 31.7 Å². The van der Waals surface area contributed by atoms with Gasteiger partial charge in [0.1, 0.15) is 0 Å². The molecule has 0 bridgehead atoms. The summed E-state index contributed by atoms with van der Waals surface area (Å²) in [5, 5.41) is 18.7. The molecule has 3 aromatic rings. The summed E-state index contributed by atoms with van der Waals surface area (Å²) in [5.74, 6) is -0.148. The molecule has 0 atom stereocenters. The molecule has 2 aromatic carbocycles. The Morgan fingerprint density at radius 3 is 2.19 bits per heavy atom. The van der Waals surface area contributed by atoms with E-state index >= 15 is 0 Å². The average molecular weight is 537 g/mol. The number of aromatic nitrogens is 1. The normalized spacial score (nSPS) is 14.1. The van der Waals surface area contributed by atoms with Gasteiger partial charge < -0.3 is 9.80 Å². The first-order valence-corrected chi connectivity index (χ1v) is 14.3. The largest absolute Gasteiger partial charge is 0.345 e. The highest BCUT2D eigenvalue weighted by Crippen LogP contribution is 2.31. The second kappa shape index (κ2) is 11.3. The Morgan fingerprint density at radius 1 is 1.00 bits per heavy atom. The second-order valence-corrected chi connectivity index (χ2v) is 11.9. The van der Waals surface area contributed by atoms with Gasteiger partial charge in [0, 0.05) is 57.7 Å². The van der Waals surface area contributed by atoms with Crippen LogP contribution in [0.25, 0.3) is 10.2 Å². The molecule has 0 spiro atoms. The molecule has 11 heteroatoms. The Morgan fingerprint density at radius 2 is 1.59 bits per heavy atom. The van der Waals surface area contributed by atoms with Crippen LogP contribution < -0.4 is 4.90 Å². The molecular weight excluding hydrogens is 508 g/mol. The zero-order valence-electron chi connectivity index (χ0n) is 20.8. The second-order valence-electron chi connectivity index (χ2n) is 8.92. The fraction of sp³-hybridized carbons (Fsp3) is 0.385. The third kappa shape index (κ3) is 5.75. The van der Waals surface area contributed by atoms with Crippen LogP contribution in [-0.2, 0) is 10.0 Å². The minimum Gasteiger partial charge on any atom is -0.345 e. The van der Waals surface area contributed by atoms with E-state index in [1.165, 1.54) is 35.4 Å². The molecule has 0 unspecified atom stereocenters. The lowest BCUT2D eigenvalue weighted by Crippen LogP contribution is -2.48. The molecule has 0 aliphatic carbocycles. The molecule has 37 heavy (non-hydrogen) atoms. The maximum atomic E-state index is 13.1. The Balaban J connectivity index is 1.41. The summed E-state index contributed by atoms with van der Waals surface area (Å²) < 4.78 is 28.3. The minimum absolute atomic E-state index is 0.0132. The number of aryl methyl sites for hydroxylation is 2. The molecule has 1 aliphatic rings. The Labute approximate surface area is 221 Å². The smallest absolute Gasteiger partial charge is 0.253 e. The third-order valence-corrected chi connectivity index (χ3v) is 9.51. The van der Waals surface area contributed by atoms with Crippen molar-refractivity contribution in [2.45, 2.75) is 31.6 Å². The summed E-state index contributed by atoms with van der Waals surface area (Å²) >= 11 is 1.66. The summed E-state index contributed by atoms with van der Waals surface area (Å²) in [6.45, 7) is 6.63. The Hall–Kier alpha value is -3.51. The van der Waals surface area contributed by atoms with Crippen LogP contribution in [0.4, 0.5) is 5.13 Å². The summed E-state index contributed by atoms with van der Waals surface area (Å²) in [4.78, 5) is 21.9. The van der Waals surface area contributed by atoms with E-state index in [4.69, 9.17) is 15.5 Å². The van der Waals surface area contributed by atoms with Gasteiger partial charge in [0.25, 0.3) is 5.91 Å². The van der Waals surface area contributed by atoms with Crippen molar-refractivity contribution in [3.63, 3.8) is 0 Å². The number of hydrogen-bond acceptors (Lipinski definition) is 8. The average Bonchev–Trinajstić information content (AvgIpc) is 3.31. The number of rotatable bonds is 8. The predicted molar refractivity (Wildman–Crippen MR) is 143 cm³/mol. The van der Waals surface area contributed by atoms with E-state index in [0.717, 1.165) is 19.7 Å². The summed E-state index contributed by atoms with van der Waals surface area (Å²) in [6.07, 6.45) is 0.0625. The number of carbonyl (C=O) groups excluding carboxylic acids is 1. The number of piperazine rings is 1. The molecule has 1 aromatic heterocycles. The number of anilines is 1. The van der Waals surface area contributed by atoms with Gasteiger partial charge in [0.15, 0.2) is 5.13 Å². The van der Waals surface area contributed by atoms with Gasteiger partial charge in [-0.05, 0) is 61.4 Å². The lowest BCUT2D eigenvalue weighted by Gasteiger charge is -2.34. The lowest BCUT2D eigenvalue weighted by atomic mass is 10.1. The van der Waals surface area contributed by atoms with Crippen molar-refractivity contribution < 1.29 is 13.2 Å². The van der Waals surface area contributed by atoms with Crippen LogP contribution >= 0.6 is 11.3 Å². The van der Waals surface area contributed by atoms with E-state index in [1.807, 2.05) is 12.1 Å². The van der Waals surface area contributed by atoms with Crippen LogP contribution in [0.5, 0.6) is 0 Å². The van der Waals surface area contributed by atoms with Gasteiger partial charge in [-0.3, -0.25) is 4.79 Å². The highest BCUT2D eigenvalue weighted by atomic mass is 32.2. The number of hydrogen-bond donors (Lipinski definition) is 0. The van der Waals surface area contributed by atoms with Gasteiger partial charge in [-0.2, -0.15) is 14.8 Å². The van der Waals surface area contributed by atoms with Gasteiger partial charge in [-0.15, -0.1) is 0 Å². The molecule has 1 fully saturated rings. The van der Waals surface area contributed by atoms with Crippen molar-refractivity contribution in [2.24, 2.45) is 0 Å². The van der Waals surface area contributed by atoms with Crippen LogP contribution in [-0.4, -0.2) is 67.8 Å². The minimum atomic E-state index is -3.87. The van der Waals surface area contributed by atoms with E-state index < -0.39 is 10.0 Å². The van der Waals surface area contributed by atoms with Crippen molar-refractivity contribution in [1.82, 2.24) is 14.2 Å². The SMILES string of the molecule is Cc1cc2nc(N3CCN(C(=O)c4ccc(S(=O)(=O)N(CCC#N)CCC#N)cc4)CC3)sc2cc1C. The fourth-order valence-electron chi connectivity index (χ4n) is 4.21. The molecule has 1 aliphatic heterocycles. The number of benzene rings is 2. The molecule has 9 nitrogen and oxygen atoms in total. The Bertz CT molecular complexity index is 1420. The number of thiazole rings is 1. The quantitative estimate of drug-likeness (QED) is 0.430. The van der Waals surface area contributed by atoms with Crippen LogP contribution in [0.15, 0.2) is 41.3 Å². The fourth-order valence-corrected chi connectivity index (χ4v) is 6.75. The predicted octanol–water partition coefficient (Wildman–Crippen LogP) is 3.69. The van der Waals surface area contributed by atoms with Gasteiger partial charge in [0.05, 0.1) is 27.3 Å². The molecule has 0 radical (unpaired) electrons. The van der Waals surface area contributed by atoms with E-state index in [-0.39, 0.29) is 36.7 Å². The molecule has 0 saturated carbocycles. The highest BCUT2D eigenvalue weighted by Gasteiger charge is 2.26. The van der Waals surface area contributed by atoms with Gasteiger partial charge in [0.2, 0.25) is 10.0 Å². The van der Waals surface area contributed by atoms with E-state index in [2.05, 4.69) is 30.9 Å². The molecule has 1 saturated heterocycles.